The average molecular weight is 280 g/mol. The van der Waals surface area contributed by atoms with Crippen LogP contribution in [0.15, 0.2) is 18.2 Å². The molecule has 0 unspecified atom stereocenters. The second-order valence-corrected chi connectivity index (χ2v) is 6.09. The minimum Gasteiger partial charge on any atom is -0.207 e. The van der Waals surface area contributed by atoms with E-state index in [0.29, 0.717) is 17.0 Å². The lowest BCUT2D eigenvalue weighted by Gasteiger charge is -2.34. The van der Waals surface area contributed by atoms with E-state index < -0.39 is 0 Å². The first-order chi connectivity index (χ1) is 9.08. The van der Waals surface area contributed by atoms with Gasteiger partial charge < -0.3 is 0 Å². The van der Waals surface area contributed by atoms with Crippen molar-refractivity contribution >= 4 is 11.6 Å². The molecule has 0 N–H and O–H groups in total. The number of hydrogen-bond acceptors (Lipinski definition) is 1. The zero-order valence-electron chi connectivity index (χ0n) is 11.3. The van der Waals surface area contributed by atoms with Gasteiger partial charge in [-0.3, -0.25) is 0 Å². The summed E-state index contributed by atoms with van der Waals surface area (Å²) in [4.78, 5) is 0. The van der Waals surface area contributed by atoms with E-state index in [0.717, 1.165) is 31.6 Å². The summed E-state index contributed by atoms with van der Waals surface area (Å²) in [6.45, 7) is 2.20. The van der Waals surface area contributed by atoms with Crippen LogP contribution in [0.5, 0.6) is 0 Å². The van der Waals surface area contributed by atoms with Crippen LogP contribution in [0.4, 0.5) is 4.39 Å². The number of benzene rings is 1. The molecule has 2 rings (SSSR count). The molecule has 3 heteroatoms. The number of hydrogen-bond donors (Lipinski definition) is 0. The zero-order chi connectivity index (χ0) is 13.9. The molecule has 1 aromatic carbocycles. The lowest BCUT2D eigenvalue weighted by Crippen LogP contribution is -2.28. The van der Waals surface area contributed by atoms with Gasteiger partial charge >= 0.3 is 0 Å². The van der Waals surface area contributed by atoms with Crippen molar-refractivity contribution in [2.24, 2.45) is 11.3 Å². The van der Waals surface area contributed by atoms with Crippen LogP contribution in [0.3, 0.4) is 0 Å². The monoisotopic (exact) mass is 279 g/mol. The van der Waals surface area contributed by atoms with Gasteiger partial charge in [-0.05, 0) is 55.7 Å². The Morgan fingerprint density at radius 3 is 2.63 bits per heavy atom. The molecule has 0 atom stereocenters. The summed E-state index contributed by atoms with van der Waals surface area (Å²) in [5, 5.41) is 9.91. The Hall–Kier alpha value is -1.07. The Balaban J connectivity index is 2.13. The predicted octanol–water partition coefficient (Wildman–Crippen LogP) is 5.13. The molecule has 0 radical (unpaired) electrons. The van der Waals surface area contributed by atoms with Crippen LogP contribution in [-0.4, -0.2) is 0 Å². The van der Waals surface area contributed by atoms with E-state index in [9.17, 15) is 9.65 Å². The summed E-state index contributed by atoms with van der Waals surface area (Å²) in [5.74, 6) is 0.441. The second-order valence-electron chi connectivity index (χ2n) is 5.66. The van der Waals surface area contributed by atoms with E-state index in [4.69, 9.17) is 11.6 Å². The summed E-state index contributed by atoms with van der Waals surface area (Å²) in [6, 6.07) is 7.19. The van der Waals surface area contributed by atoms with Crippen LogP contribution in [-0.2, 0) is 6.42 Å². The van der Waals surface area contributed by atoms with Gasteiger partial charge in [0, 0.05) is 5.02 Å². The van der Waals surface area contributed by atoms with Gasteiger partial charge in [-0.1, -0.05) is 31.0 Å². The van der Waals surface area contributed by atoms with E-state index in [2.05, 4.69) is 13.0 Å². The van der Waals surface area contributed by atoms with Crippen molar-refractivity contribution in [3.05, 3.63) is 34.6 Å². The van der Waals surface area contributed by atoms with Crippen LogP contribution in [0.25, 0.3) is 0 Å². The van der Waals surface area contributed by atoms with Crippen LogP contribution < -0.4 is 0 Å². The Morgan fingerprint density at radius 2 is 2.11 bits per heavy atom. The molecule has 0 bridgehead atoms. The van der Waals surface area contributed by atoms with Gasteiger partial charge in [-0.2, -0.15) is 5.26 Å². The molecule has 0 heterocycles. The van der Waals surface area contributed by atoms with Gasteiger partial charge in [-0.15, -0.1) is 0 Å². The molecule has 0 spiro atoms. The second kappa shape index (κ2) is 5.92. The minimum absolute atomic E-state index is 0.292. The Labute approximate surface area is 119 Å². The number of nitrogens with zero attached hydrogens (tertiary/aromatic N) is 1. The minimum atomic E-state index is -0.389. The molecule has 0 aromatic heterocycles. The third-order valence-corrected chi connectivity index (χ3v) is 4.66. The molecular weight excluding hydrogens is 261 g/mol. The first kappa shape index (κ1) is 14.3. The summed E-state index contributed by atoms with van der Waals surface area (Å²) in [7, 11) is 0. The summed E-state index contributed by atoms with van der Waals surface area (Å²) >= 11 is 5.76. The smallest absolute Gasteiger partial charge is 0.127 e. The van der Waals surface area contributed by atoms with Crippen LogP contribution in [0.1, 0.15) is 44.6 Å². The van der Waals surface area contributed by atoms with Gasteiger partial charge in [0.25, 0.3) is 0 Å². The van der Waals surface area contributed by atoms with Crippen LogP contribution >= 0.6 is 11.6 Å². The topological polar surface area (TPSA) is 23.8 Å². The zero-order valence-corrected chi connectivity index (χ0v) is 12.0. The molecule has 0 aliphatic heterocycles. The molecule has 1 aliphatic rings. The summed E-state index contributed by atoms with van der Waals surface area (Å²) in [6.07, 6.45) is 5.60. The summed E-state index contributed by atoms with van der Waals surface area (Å²) < 4.78 is 13.9. The van der Waals surface area contributed by atoms with E-state index in [1.807, 2.05) is 0 Å². The quantitative estimate of drug-likeness (QED) is 0.752. The molecule has 1 saturated carbocycles. The van der Waals surface area contributed by atoms with E-state index in [1.165, 1.54) is 12.5 Å². The first-order valence-electron chi connectivity index (χ1n) is 6.94. The van der Waals surface area contributed by atoms with Gasteiger partial charge in [0.05, 0.1) is 11.5 Å². The highest BCUT2D eigenvalue weighted by Gasteiger charge is 2.35. The van der Waals surface area contributed by atoms with Gasteiger partial charge in [0.1, 0.15) is 5.82 Å². The predicted molar refractivity (Wildman–Crippen MR) is 75.4 cm³/mol. The van der Waals surface area contributed by atoms with Crippen molar-refractivity contribution in [3.8, 4) is 6.07 Å². The molecule has 102 valence electrons. The van der Waals surface area contributed by atoms with Gasteiger partial charge in [0.15, 0.2) is 0 Å². The van der Waals surface area contributed by atoms with Crippen LogP contribution in [0, 0.1) is 28.5 Å². The largest absolute Gasteiger partial charge is 0.207 e. The van der Waals surface area contributed by atoms with Gasteiger partial charge in [-0.25, -0.2) is 4.39 Å². The first-order valence-corrected chi connectivity index (χ1v) is 7.31. The Bertz CT molecular complexity index is 484. The molecular formula is C16H19ClFN. The number of halogens is 2. The molecule has 1 aliphatic carbocycles. The highest BCUT2D eigenvalue weighted by atomic mass is 35.5. The van der Waals surface area contributed by atoms with E-state index in [-0.39, 0.29) is 11.2 Å². The Kier molecular flexibility index (Phi) is 4.47. The van der Waals surface area contributed by atoms with Crippen molar-refractivity contribution < 1.29 is 4.39 Å². The van der Waals surface area contributed by atoms with Crippen molar-refractivity contribution in [1.82, 2.24) is 0 Å². The summed E-state index contributed by atoms with van der Waals surface area (Å²) in [5.41, 5.74) is 0.223. The fourth-order valence-corrected chi connectivity index (χ4v) is 3.15. The van der Waals surface area contributed by atoms with Crippen molar-refractivity contribution in [3.63, 3.8) is 0 Å². The lowest BCUT2D eigenvalue weighted by molar-refractivity contribution is 0.204. The molecule has 19 heavy (non-hydrogen) atoms. The van der Waals surface area contributed by atoms with Crippen molar-refractivity contribution in [1.29, 1.82) is 5.26 Å². The molecule has 1 fully saturated rings. The highest BCUT2D eigenvalue weighted by molar-refractivity contribution is 6.30. The van der Waals surface area contributed by atoms with Crippen molar-refractivity contribution in [2.45, 2.75) is 45.4 Å². The maximum Gasteiger partial charge on any atom is 0.127 e. The highest BCUT2D eigenvalue weighted by Crippen LogP contribution is 2.42. The normalized spacial score (nSPS) is 26.9. The van der Waals surface area contributed by atoms with E-state index >= 15 is 0 Å². The van der Waals surface area contributed by atoms with Crippen molar-refractivity contribution in [2.75, 3.05) is 0 Å². The fourth-order valence-electron chi connectivity index (χ4n) is 3.00. The third-order valence-electron chi connectivity index (χ3n) is 4.42. The molecule has 1 aromatic rings. The number of rotatable bonds is 3. The van der Waals surface area contributed by atoms with Crippen LogP contribution in [0.2, 0.25) is 5.02 Å². The SMILES string of the molecule is CCC1CCC(C#N)(Cc2ccc(Cl)cc2F)CC1. The van der Waals surface area contributed by atoms with E-state index in [1.54, 1.807) is 12.1 Å². The molecule has 0 amide bonds. The Morgan fingerprint density at radius 1 is 1.42 bits per heavy atom. The maximum atomic E-state index is 13.9. The third kappa shape index (κ3) is 3.28. The maximum absolute atomic E-state index is 13.9. The average Bonchev–Trinajstić information content (AvgIpc) is 2.43. The van der Waals surface area contributed by atoms with Gasteiger partial charge in [0.2, 0.25) is 0 Å². The number of nitriles is 1. The standard InChI is InChI=1S/C16H19ClFN/c1-2-12-5-7-16(11-19,8-6-12)10-13-3-4-14(17)9-15(13)18/h3-4,9,12H,2,5-8,10H2,1H3. The lowest BCUT2D eigenvalue weighted by atomic mass is 9.68. The fraction of sp³-hybridized carbons (Fsp3) is 0.562. The molecule has 1 nitrogen and oxygen atoms in total. The molecule has 0 saturated heterocycles.